The van der Waals surface area contributed by atoms with Gasteiger partial charge >= 0.3 is 0 Å². The molecule has 0 amide bonds. The van der Waals surface area contributed by atoms with Crippen LogP contribution in [-0.2, 0) is 0 Å². The van der Waals surface area contributed by atoms with Crippen molar-refractivity contribution in [2.75, 3.05) is 0 Å². The summed E-state index contributed by atoms with van der Waals surface area (Å²) in [5, 5.41) is 10.5. The molecule has 0 aliphatic rings. The van der Waals surface area contributed by atoms with E-state index in [0.29, 0.717) is 0 Å². The maximum absolute atomic E-state index is 10.5. The Bertz CT molecular complexity index is 462. The second-order valence-electron chi connectivity index (χ2n) is 2.51. The van der Waals surface area contributed by atoms with Crippen molar-refractivity contribution in [2.24, 2.45) is 0 Å². The third-order valence-electron chi connectivity index (χ3n) is 1.45. The molecule has 0 atom stereocenters. The molecular weight excluding hydrogens is 567 g/mol. The lowest BCUT2D eigenvalue weighted by Crippen LogP contribution is -1.86. The van der Waals surface area contributed by atoms with Crippen molar-refractivity contribution in [3.63, 3.8) is 0 Å². The Balaban J connectivity index is 2.85. The van der Waals surface area contributed by atoms with Crippen LogP contribution in [0.15, 0.2) is 39.4 Å². The van der Waals surface area contributed by atoms with E-state index in [4.69, 9.17) is 0 Å². The van der Waals surface area contributed by atoms with Crippen LogP contribution in [0, 0.1) is 10.1 Å². The number of non-ortho nitro benzene ring substituents is 1. The zero-order valence-electron chi connectivity index (χ0n) is 7.62. The van der Waals surface area contributed by atoms with Gasteiger partial charge in [0.2, 0.25) is 0 Å². The molecule has 0 N–H and O–H groups in total. The molecule has 0 aromatic heterocycles. The van der Waals surface area contributed by atoms with Crippen molar-refractivity contribution >= 4 is 85.2 Å². The van der Waals surface area contributed by atoms with Crippen molar-refractivity contribution in [1.29, 1.82) is 0 Å². The van der Waals surface area contributed by atoms with Gasteiger partial charge < -0.3 is 0 Å². The molecule has 0 aliphatic heterocycles. The minimum Gasteiger partial charge on any atom is -0.258 e. The van der Waals surface area contributed by atoms with Crippen LogP contribution in [0.5, 0.6) is 0 Å². The molecule has 0 saturated heterocycles. The summed E-state index contributed by atoms with van der Waals surface area (Å²) in [5.41, 5.74) is 3.26. The van der Waals surface area contributed by atoms with Gasteiger partial charge in [-0.15, -0.1) is 0 Å². The van der Waals surface area contributed by atoms with E-state index in [0.717, 1.165) is 9.39 Å². The van der Waals surface area contributed by atoms with E-state index in [1.54, 1.807) is 12.1 Å². The van der Waals surface area contributed by atoms with Gasteiger partial charge in [-0.05, 0) is 79.9 Å². The highest BCUT2D eigenvalue weighted by Gasteiger charge is 2.04. The molecule has 0 fully saturated rings. The summed E-state index contributed by atoms with van der Waals surface area (Å²) in [6.07, 6.45) is 0. The van der Waals surface area contributed by atoms with E-state index in [-0.39, 0.29) is 5.69 Å². The number of thioether (sulfide) groups is 1. The van der Waals surface area contributed by atoms with Crippen LogP contribution in [0.25, 0.3) is 0 Å². The Labute approximate surface area is 138 Å². The van der Waals surface area contributed by atoms with Crippen LogP contribution in [-0.4, -0.2) is 4.92 Å². The summed E-state index contributed by atoms with van der Waals surface area (Å²) in [4.78, 5) is 11.0. The number of hydrogen-bond acceptors (Lipinski definition) is 3. The largest absolute Gasteiger partial charge is 0.269 e. The SMILES string of the molecule is O=[N+]([O-])c1ccc(SC(I)=C=C(I)I)cc1. The molecule has 0 spiro atoms. The summed E-state index contributed by atoms with van der Waals surface area (Å²) in [6, 6.07) is 6.49. The van der Waals surface area contributed by atoms with Gasteiger partial charge in [-0.1, -0.05) is 17.5 Å². The molecule has 0 bridgehead atoms. The van der Waals surface area contributed by atoms with Crippen molar-refractivity contribution in [3.8, 4) is 0 Å². The molecule has 16 heavy (non-hydrogen) atoms. The Morgan fingerprint density at radius 1 is 1.25 bits per heavy atom. The summed E-state index contributed by atoms with van der Waals surface area (Å²) in [7, 11) is 0. The summed E-state index contributed by atoms with van der Waals surface area (Å²) >= 11 is 8.07. The topological polar surface area (TPSA) is 43.1 Å². The van der Waals surface area contributed by atoms with Gasteiger partial charge in [-0.2, -0.15) is 0 Å². The first-order chi connectivity index (χ1) is 7.49. The quantitative estimate of drug-likeness (QED) is 0.163. The molecule has 3 nitrogen and oxygen atoms in total. The van der Waals surface area contributed by atoms with Crippen LogP contribution in [0.1, 0.15) is 0 Å². The Hall–Kier alpha value is 0.680. The first kappa shape index (κ1) is 14.7. The van der Waals surface area contributed by atoms with Crippen LogP contribution in [0.2, 0.25) is 0 Å². The minimum absolute atomic E-state index is 0.113. The summed E-state index contributed by atoms with van der Waals surface area (Å²) < 4.78 is 2.05. The van der Waals surface area contributed by atoms with Crippen LogP contribution in [0.4, 0.5) is 5.69 Å². The van der Waals surface area contributed by atoms with Gasteiger partial charge in [0.05, 0.1) is 9.42 Å². The molecule has 7 heteroatoms. The Morgan fingerprint density at radius 2 is 1.81 bits per heavy atom. The standard InChI is InChI=1S/C9H4I3NO2S/c10-8(11)5-9(12)16-7-3-1-6(2-4-7)13(14)15/h1-4H. The fraction of sp³-hybridized carbons (Fsp3) is 0. The number of hydrogen-bond donors (Lipinski definition) is 0. The number of benzene rings is 1. The summed E-state index contributed by atoms with van der Waals surface area (Å²) in [5.74, 6) is 0. The number of nitro groups is 1. The predicted molar refractivity (Wildman–Crippen MR) is 91.6 cm³/mol. The average Bonchev–Trinajstić information content (AvgIpc) is 2.16. The van der Waals surface area contributed by atoms with Crippen molar-refractivity contribution in [2.45, 2.75) is 4.90 Å². The van der Waals surface area contributed by atoms with Gasteiger partial charge in [0.1, 0.15) is 0 Å². The molecule has 1 aromatic carbocycles. The van der Waals surface area contributed by atoms with Gasteiger partial charge in [-0.3, -0.25) is 10.1 Å². The average molecular weight is 571 g/mol. The van der Waals surface area contributed by atoms with Crippen LogP contribution in [0.3, 0.4) is 0 Å². The lowest BCUT2D eigenvalue weighted by atomic mass is 10.3. The molecule has 0 heterocycles. The predicted octanol–water partition coefficient (Wildman–Crippen LogP) is 5.27. The highest BCUT2D eigenvalue weighted by molar-refractivity contribution is 14.2. The smallest absolute Gasteiger partial charge is 0.258 e. The highest BCUT2D eigenvalue weighted by atomic mass is 127. The lowest BCUT2D eigenvalue weighted by Gasteiger charge is -1.97. The normalized spacial score (nSPS) is 9.44. The Kier molecular flexibility index (Phi) is 6.62. The number of nitro benzene ring substituents is 1. The first-order valence-electron chi connectivity index (χ1n) is 3.89. The molecular formula is C9H4I3NO2S. The van der Waals surface area contributed by atoms with E-state index >= 15 is 0 Å². The highest BCUT2D eigenvalue weighted by Crippen LogP contribution is 2.32. The second kappa shape index (κ2) is 7.19. The minimum atomic E-state index is -0.400. The zero-order chi connectivity index (χ0) is 12.1. The molecule has 1 rings (SSSR count). The monoisotopic (exact) mass is 571 g/mol. The third-order valence-corrected chi connectivity index (χ3v) is 3.71. The molecule has 1 aromatic rings. The lowest BCUT2D eigenvalue weighted by molar-refractivity contribution is -0.384. The van der Waals surface area contributed by atoms with Crippen LogP contribution >= 0.6 is 79.5 Å². The second-order valence-corrected chi connectivity index (χ2v) is 9.63. The third kappa shape index (κ3) is 5.34. The van der Waals surface area contributed by atoms with Gasteiger partial charge in [0, 0.05) is 17.0 Å². The maximum Gasteiger partial charge on any atom is 0.269 e. The van der Waals surface area contributed by atoms with E-state index in [1.165, 1.54) is 23.9 Å². The van der Waals surface area contributed by atoms with Crippen molar-refractivity contribution in [1.82, 2.24) is 0 Å². The molecule has 0 aliphatic carbocycles. The fourth-order valence-electron chi connectivity index (χ4n) is 0.839. The molecule has 0 radical (unpaired) electrons. The first-order valence-corrected chi connectivity index (χ1v) is 7.94. The van der Waals surface area contributed by atoms with E-state index in [9.17, 15) is 10.1 Å². The van der Waals surface area contributed by atoms with Gasteiger partial charge in [-0.25, -0.2) is 0 Å². The van der Waals surface area contributed by atoms with Gasteiger partial charge in [0.15, 0.2) is 0 Å². The molecule has 0 saturated carbocycles. The van der Waals surface area contributed by atoms with Crippen molar-refractivity contribution in [3.05, 3.63) is 44.6 Å². The fourth-order valence-corrected chi connectivity index (χ4v) is 4.44. The van der Waals surface area contributed by atoms with Crippen molar-refractivity contribution < 1.29 is 4.92 Å². The zero-order valence-corrected chi connectivity index (χ0v) is 14.9. The number of halogens is 3. The molecule has 84 valence electrons. The van der Waals surface area contributed by atoms with Gasteiger partial charge in [0.25, 0.3) is 5.69 Å². The van der Waals surface area contributed by atoms with E-state index in [1.807, 2.05) is 0 Å². The molecule has 0 unspecified atom stereocenters. The maximum atomic E-state index is 10.5. The van der Waals surface area contributed by atoms with Crippen LogP contribution < -0.4 is 0 Å². The van der Waals surface area contributed by atoms with E-state index < -0.39 is 4.92 Å². The van der Waals surface area contributed by atoms with E-state index in [2.05, 4.69) is 73.5 Å². The summed E-state index contributed by atoms with van der Waals surface area (Å²) in [6.45, 7) is 0. The number of rotatable bonds is 3. The Morgan fingerprint density at radius 3 is 2.25 bits per heavy atom. The number of nitrogens with zero attached hydrogens (tertiary/aromatic N) is 1.